The standard InChI is InChI=1S/C9H13N3OS/c1-6-3-4-7(10)9(12-6)14-5-8(13)11-2/h3-4H,5,10H2,1-2H3,(H,11,13). The van der Waals surface area contributed by atoms with Gasteiger partial charge in [0.1, 0.15) is 5.03 Å². The van der Waals surface area contributed by atoms with E-state index in [9.17, 15) is 4.79 Å². The van der Waals surface area contributed by atoms with Gasteiger partial charge < -0.3 is 11.1 Å². The second-order valence-electron chi connectivity index (χ2n) is 2.81. The first-order valence-corrected chi connectivity index (χ1v) is 5.18. The molecule has 0 fully saturated rings. The van der Waals surface area contributed by atoms with Gasteiger partial charge in [-0.05, 0) is 19.1 Å². The molecule has 0 spiro atoms. The number of aryl methyl sites for hydroxylation is 1. The zero-order valence-corrected chi connectivity index (χ0v) is 9.02. The van der Waals surface area contributed by atoms with Crippen LogP contribution in [0.3, 0.4) is 0 Å². The molecule has 0 saturated carbocycles. The fourth-order valence-corrected chi connectivity index (χ4v) is 1.72. The third kappa shape index (κ3) is 2.92. The molecule has 76 valence electrons. The minimum atomic E-state index is -0.0299. The Balaban J connectivity index is 2.66. The van der Waals surface area contributed by atoms with Crippen LogP contribution in [0.25, 0.3) is 0 Å². The lowest BCUT2D eigenvalue weighted by Crippen LogP contribution is -2.19. The maximum Gasteiger partial charge on any atom is 0.230 e. The predicted octanol–water partition coefficient (Wildman–Crippen LogP) is 0.810. The van der Waals surface area contributed by atoms with Crippen LogP contribution < -0.4 is 11.1 Å². The zero-order chi connectivity index (χ0) is 10.6. The van der Waals surface area contributed by atoms with E-state index in [0.29, 0.717) is 16.5 Å². The van der Waals surface area contributed by atoms with Gasteiger partial charge in [0.25, 0.3) is 0 Å². The number of nitrogen functional groups attached to an aromatic ring is 1. The first-order valence-electron chi connectivity index (χ1n) is 4.20. The highest BCUT2D eigenvalue weighted by atomic mass is 32.2. The van der Waals surface area contributed by atoms with Crippen molar-refractivity contribution in [1.82, 2.24) is 10.3 Å². The van der Waals surface area contributed by atoms with Crippen molar-refractivity contribution in [2.45, 2.75) is 11.9 Å². The van der Waals surface area contributed by atoms with E-state index in [4.69, 9.17) is 5.73 Å². The second-order valence-corrected chi connectivity index (χ2v) is 3.77. The number of nitrogens with one attached hydrogen (secondary N) is 1. The van der Waals surface area contributed by atoms with Crippen LogP contribution in [0.15, 0.2) is 17.2 Å². The van der Waals surface area contributed by atoms with Gasteiger partial charge in [0.05, 0.1) is 11.4 Å². The molecule has 0 aliphatic carbocycles. The molecule has 14 heavy (non-hydrogen) atoms. The summed E-state index contributed by atoms with van der Waals surface area (Å²) in [5.41, 5.74) is 7.22. The smallest absolute Gasteiger partial charge is 0.230 e. The third-order valence-electron chi connectivity index (χ3n) is 1.65. The molecule has 1 rings (SSSR count). The third-order valence-corrected chi connectivity index (χ3v) is 2.65. The summed E-state index contributed by atoms with van der Waals surface area (Å²) < 4.78 is 0. The summed E-state index contributed by atoms with van der Waals surface area (Å²) in [5.74, 6) is 0.314. The van der Waals surface area contributed by atoms with Crippen LogP contribution in [0.1, 0.15) is 5.69 Å². The lowest BCUT2D eigenvalue weighted by Gasteiger charge is -2.04. The lowest BCUT2D eigenvalue weighted by molar-refractivity contribution is -0.118. The number of anilines is 1. The summed E-state index contributed by atoms with van der Waals surface area (Å²) in [6, 6.07) is 3.65. The van der Waals surface area contributed by atoms with Crippen molar-refractivity contribution in [3.63, 3.8) is 0 Å². The monoisotopic (exact) mass is 211 g/mol. The molecule has 0 aliphatic heterocycles. The van der Waals surface area contributed by atoms with Crippen molar-refractivity contribution >= 4 is 23.4 Å². The SMILES string of the molecule is CNC(=O)CSc1nc(C)ccc1N. The number of hydrogen-bond donors (Lipinski definition) is 2. The Bertz CT molecular complexity index is 341. The first kappa shape index (κ1) is 10.8. The van der Waals surface area contributed by atoms with Crippen molar-refractivity contribution in [3.05, 3.63) is 17.8 Å². The van der Waals surface area contributed by atoms with Gasteiger partial charge in [-0.25, -0.2) is 4.98 Å². The Morgan fingerprint density at radius 3 is 3.00 bits per heavy atom. The summed E-state index contributed by atoms with van der Waals surface area (Å²) in [4.78, 5) is 15.2. The Morgan fingerprint density at radius 2 is 2.36 bits per heavy atom. The Labute approximate surface area is 87.3 Å². The lowest BCUT2D eigenvalue weighted by atomic mass is 10.3. The summed E-state index contributed by atoms with van der Waals surface area (Å²) in [5, 5.41) is 3.26. The number of pyridine rings is 1. The Morgan fingerprint density at radius 1 is 1.64 bits per heavy atom. The van der Waals surface area contributed by atoms with E-state index in [1.54, 1.807) is 13.1 Å². The largest absolute Gasteiger partial charge is 0.397 e. The van der Waals surface area contributed by atoms with E-state index in [-0.39, 0.29) is 5.91 Å². The number of hydrogen-bond acceptors (Lipinski definition) is 4. The number of amides is 1. The maximum atomic E-state index is 11.0. The molecule has 0 saturated heterocycles. The second kappa shape index (κ2) is 4.85. The van der Waals surface area contributed by atoms with Crippen molar-refractivity contribution in [2.75, 3.05) is 18.5 Å². The number of carbonyl (C=O) groups is 1. The average molecular weight is 211 g/mol. The van der Waals surface area contributed by atoms with Crippen LogP contribution in [-0.2, 0) is 4.79 Å². The van der Waals surface area contributed by atoms with Gasteiger partial charge in [-0.1, -0.05) is 11.8 Å². The highest BCUT2D eigenvalue weighted by molar-refractivity contribution is 8.00. The summed E-state index contributed by atoms with van der Waals surface area (Å²) in [7, 11) is 1.61. The topological polar surface area (TPSA) is 68.0 Å². The minimum Gasteiger partial charge on any atom is -0.397 e. The van der Waals surface area contributed by atoms with E-state index < -0.39 is 0 Å². The fraction of sp³-hybridized carbons (Fsp3) is 0.333. The molecule has 0 unspecified atom stereocenters. The van der Waals surface area contributed by atoms with Gasteiger partial charge in [-0.3, -0.25) is 4.79 Å². The van der Waals surface area contributed by atoms with Crippen LogP contribution in [0.2, 0.25) is 0 Å². The summed E-state index contributed by atoms with van der Waals surface area (Å²) >= 11 is 1.35. The van der Waals surface area contributed by atoms with Gasteiger partial charge in [0.2, 0.25) is 5.91 Å². The molecular weight excluding hydrogens is 198 g/mol. The van der Waals surface area contributed by atoms with E-state index in [1.807, 2.05) is 13.0 Å². The number of thioether (sulfide) groups is 1. The molecule has 1 amide bonds. The van der Waals surface area contributed by atoms with E-state index in [2.05, 4.69) is 10.3 Å². The zero-order valence-electron chi connectivity index (χ0n) is 8.20. The van der Waals surface area contributed by atoms with Gasteiger partial charge >= 0.3 is 0 Å². The fourth-order valence-electron chi connectivity index (χ4n) is 0.865. The first-order chi connectivity index (χ1) is 6.63. The van der Waals surface area contributed by atoms with E-state index >= 15 is 0 Å². The quantitative estimate of drug-likeness (QED) is 0.726. The number of nitrogens with two attached hydrogens (primary N) is 1. The average Bonchev–Trinajstić information content (AvgIpc) is 2.19. The van der Waals surface area contributed by atoms with Crippen LogP contribution in [-0.4, -0.2) is 23.7 Å². The molecule has 3 N–H and O–H groups in total. The van der Waals surface area contributed by atoms with Gasteiger partial charge in [-0.2, -0.15) is 0 Å². The molecule has 0 aromatic carbocycles. The van der Waals surface area contributed by atoms with Crippen LogP contribution >= 0.6 is 11.8 Å². The van der Waals surface area contributed by atoms with E-state index in [1.165, 1.54) is 11.8 Å². The van der Waals surface area contributed by atoms with Gasteiger partial charge in [-0.15, -0.1) is 0 Å². The normalized spacial score (nSPS) is 9.86. The molecule has 4 nitrogen and oxygen atoms in total. The number of carbonyl (C=O) groups excluding carboxylic acids is 1. The molecule has 0 bridgehead atoms. The van der Waals surface area contributed by atoms with Crippen LogP contribution in [0.4, 0.5) is 5.69 Å². The molecule has 1 heterocycles. The molecule has 5 heteroatoms. The minimum absolute atomic E-state index is 0.0299. The van der Waals surface area contributed by atoms with Crippen LogP contribution in [0.5, 0.6) is 0 Å². The molecular formula is C9H13N3OS. The van der Waals surface area contributed by atoms with Crippen molar-refractivity contribution in [2.24, 2.45) is 0 Å². The van der Waals surface area contributed by atoms with Crippen molar-refractivity contribution < 1.29 is 4.79 Å². The summed E-state index contributed by atoms with van der Waals surface area (Å²) in [6.45, 7) is 1.89. The Kier molecular flexibility index (Phi) is 3.76. The number of rotatable bonds is 3. The molecule has 0 radical (unpaired) electrons. The number of nitrogens with zero attached hydrogens (tertiary/aromatic N) is 1. The highest BCUT2D eigenvalue weighted by Crippen LogP contribution is 2.22. The van der Waals surface area contributed by atoms with Gasteiger partial charge in [0.15, 0.2) is 0 Å². The maximum absolute atomic E-state index is 11.0. The molecule has 1 aromatic heterocycles. The molecule has 1 aromatic rings. The Hall–Kier alpha value is -1.23. The van der Waals surface area contributed by atoms with E-state index in [0.717, 1.165) is 5.69 Å². The molecule has 0 aliphatic rings. The van der Waals surface area contributed by atoms with Gasteiger partial charge in [0, 0.05) is 12.7 Å². The van der Waals surface area contributed by atoms with Crippen LogP contribution in [0, 0.1) is 6.92 Å². The highest BCUT2D eigenvalue weighted by Gasteiger charge is 2.05. The summed E-state index contributed by atoms with van der Waals surface area (Å²) in [6.07, 6.45) is 0. The predicted molar refractivity (Wildman–Crippen MR) is 58.2 cm³/mol. The number of aromatic nitrogens is 1. The van der Waals surface area contributed by atoms with Crippen molar-refractivity contribution in [1.29, 1.82) is 0 Å². The van der Waals surface area contributed by atoms with Crippen molar-refractivity contribution in [3.8, 4) is 0 Å². The molecule has 0 atom stereocenters.